The SMILES string of the molecule is CC(C)n1c(=O)c(C(=O)NC2C[C@H]3CC[C@@H](C2)N3CC(O)O)cc2ccccc21. The predicted octanol–water partition coefficient (Wildman–Crippen LogP) is 1.62. The number of carbonyl (C=O) groups excluding carboxylic acids is 1. The Kier molecular flexibility index (Phi) is 5.46. The van der Waals surface area contributed by atoms with Gasteiger partial charge in [0.05, 0.1) is 5.52 Å². The molecule has 2 fully saturated rings. The van der Waals surface area contributed by atoms with Crippen molar-refractivity contribution in [3.63, 3.8) is 0 Å². The number of benzene rings is 1. The number of fused-ring (bicyclic) bond motifs is 3. The van der Waals surface area contributed by atoms with Crippen molar-refractivity contribution in [3.05, 3.63) is 46.2 Å². The van der Waals surface area contributed by atoms with Crippen molar-refractivity contribution in [1.82, 2.24) is 14.8 Å². The fourth-order valence-electron chi connectivity index (χ4n) is 5.10. The summed E-state index contributed by atoms with van der Waals surface area (Å²) in [6.45, 7) is 4.14. The lowest BCUT2D eigenvalue weighted by molar-refractivity contribution is -0.0759. The number of carbonyl (C=O) groups is 1. The molecule has 0 spiro atoms. The summed E-state index contributed by atoms with van der Waals surface area (Å²) in [6, 6.07) is 9.74. The number of para-hydroxylation sites is 1. The van der Waals surface area contributed by atoms with Crippen LogP contribution in [0.4, 0.5) is 0 Å². The van der Waals surface area contributed by atoms with Crippen molar-refractivity contribution in [2.45, 2.75) is 70.0 Å². The maximum absolute atomic E-state index is 13.1. The summed E-state index contributed by atoms with van der Waals surface area (Å²) in [5, 5.41) is 22.6. The molecule has 2 aliphatic heterocycles. The highest BCUT2D eigenvalue weighted by atomic mass is 16.5. The van der Waals surface area contributed by atoms with Gasteiger partial charge in [-0.2, -0.15) is 0 Å². The van der Waals surface area contributed by atoms with Gasteiger partial charge in [0.1, 0.15) is 5.56 Å². The minimum Gasteiger partial charge on any atom is -0.367 e. The number of hydrogen-bond donors (Lipinski definition) is 3. The van der Waals surface area contributed by atoms with Crippen molar-refractivity contribution >= 4 is 16.8 Å². The molecule has 1 aromatic heterocycles. The maximum Gasteiger partial charge on any atom is 0.264 e. The van der Waals surface area contributed by atoms with Gasteiger partial charge in [-0.25, -0.2) is 0 Å². The van der Waals surface area contributed by atoms with Crippen LogP contribution in [0.15, 0.2) is 35.1 Å². The monoisotopic (exact) mass is 399 g/mol. The van der Waals surface area contributed by atoms with Crippen LogP contribution in [0.2, 0.25) is 0 Å². The minimum atomic E-state index is -1.34. The number of piperidine rings is 1. The molecule has 1 aromatic carbocycles. The molecule has 3 N–H and O–H groups in total. The minimum absolute atomic E-state index is 0.00884. The summed E-state index contributed by atoms with van der Waals surface area (Å²) in [5.41, 5.74) is 0.746. The van der Waals surface area contributed by atoms with E-state index in [9.17, 15) is 19.8 Å². The van der Waals surface area contributed by atoms with Gasteiger partial charge in [-0.15, -0.1) is 0 Å². The highest BCUT2D eigenvalue weighted by molar-refractivity contribution is 5.97. The molecule has 7 heteroatoms. The zero-order valence-electron chi connectivity index (χ0n) is 16.9. The molecule has 156 valence electrons. The third kappa shape index (κ3) is 3.82. The second kappa shape index (κ2) is 7.89. The van der Waals surface area contributed by atoms with Gasteiger partial charge in [-0.3, -0.25) is 14.5 Å². The van der Waals surface area contributed by atoms with Crippen molar-refractivity contribution in [2.24, 2.45) is 0 Å². The molecule has 3 heterocycles. The number of nitrogens with one attached hydrogen (secondary N) is 1. The lowest BCUT2D eigenvalue weighted by atomic mass is 9.96. The summed E-state index contributed by atoms with van der Waals surface area (Å²) in [7, 11) is 0. The molecule has 0 radical (unpaired) electrons. The molecule has 1 amide bonds. The van der Waals surface area contributed by atoms with Crippen molar-refractivity contribution in [1.29, 1.82) is 0 Å². The summed E-state index contributed by atoms with van der Waals surface area (Å²) in [5.74, 6) is -0.324. The first-order chi connectivity index (χ1) is 13.8. The second-order valence-corrected chi connectivity index (χ2v) is 8.59. The quantitative estimate of drug-likeness (QED) is 0.664. The molecule has 2 aromatic rings. The van der Waals surface area contributed by atoms with E-state index in [1.165, 1.54) is 0 Å². The van der Waals surface area contributed by atoms with E-state index in [4.69, 9.17) is 0 Å². The van der Waals surface area contributed by atoms with Gasteiger partial charge in [-0.05, 0) is 57.0 Å². The number of nitrogens with zero attached hydrogens (tertiary/aromatic N) is 2. The Hall–Kier alpha value is -2.22. The van der Waals surface area contributed by atoms with Crippen LogP contribution in [0.25, 0.3) is 10.9 Å². The second-order valence-electron chi connectivity index (χ2n) is 8.59. The topological polar surface area (TPSA) is 94.8 Å². The molecule has 0 saturated carbocycles. The summed E-state index contributed by atoms with van der Waals surface area (Å²) in [6.07, 6.45) is 2.19. The van der Waals surface area contributed by atoms with Gasteiger partial charge in [0, 0.05) is 30.7 Å². The molecule has 2 saturated heterocycles. The largest absolute Gasteiger partial charge is 0.367 e. The molecule has 2 aliphatic rings. The number of aromatic nitrogens is 1. The number of pyridine rings is 1. The zero-order chi connectivity index (χ0) is 20.7. The smallest absolute Gasteiger partial charge is 0.264 e. The first kappa shape index (κ1) is 20.1. The van der Waals surface area contributed by atoms with Gasteiger partial charge in [0.15, 0.2) is 6.29 Å². The predicted molar refractivity (Wildman–Crippen MR) is 111 cm³/mol. The third-order valence-corrected chi connectivity index (χ3v) is 6.30. The van der Waals surface area contributed by atoms with Crippen molar-refractivity contribution < 1.29 is 15.0 Å². The fraction of sp³-hybridized carbons (Fsp3) is 0.545. The Morgan fingerprint density at radius 3 is 2.45 bits per heavy atom. The van der Waals surface area contributed by atoms with E-state index in [0.717, 1.165) is 36.6 Å². The van der Waals surface area contributed by atoms with E-state index in [1.807, 2.05) is 38.1 Å². The molecule has 2 bridgehead atoms. The maximum atomic E-state index is 13.1. The third-order valence-electron chi connectivity index (χ3n) is 6.30. The Morgan fingerprint density at radius 2 is 1.83 bits per heavy atom. The van der Waals surface area contributed by atoms with E-state index in [-0.39, 0.29) is 47.7 Å². The van der Waals surface area contributed by atoms with Gasteiger partial charge in [0.2, 0.25) is 0 Å². The van der Waals surface area contributed by atoms with Crippen LogP contribution in [0.3, 0.4) is 0 Å². The number of hydrogen-bond acceptors (Lipinski definition) is 5. The van der Waals surface area contributed by atoms with E-state index in [2.05, 4.69) is 10.2 Å². The summed E-state index contributed by atoms with van der Waals surface area (Å²) in [4.78, 5) is 28.2. The molecular weight excluding hydrogens is 370 g/mol. The lowest BCUT2D eigenvalue weighted by Gasteiger charge is -2.39. The van der Waals surface area contributed by atoms with E-state index >= 15 is 0 Å². The number of aliphatic hydroxyl groups excluding tert-OH is 1. The normalized spacial score (nSPS) is 24.6. The van der Waals surface area contributed by atoms with Gasteiger partial charge in [-0.1, -0.05) is 18.2 Å². The molecule has 3 atom stereocenters. The summed E-state index contributed by atoms with van der Waals surface area (Å²) >= 11 is 0. The van der Waals surface area contributed by atoms with Crippen LogP contribution in [0, 0.1) is 0 Å². The van der Waals surface area contributed by atoms with E-state index < -0.39 is 6.29 Å². The Labute approximate surface area is 169 Å². The van der Waals surface area contributed by atoms with Gasteiger partial charge < -0.3 is 20.1 Å². The lowest BCUT2D eigenvalue weighted by Crippen LogP contribution is -2.52. The first-order valence-corrected chi connectivity index (χ1v) is 10.4. The standard InChI is InChI=1S/C22H29N3O4/c1-13(2)25-19-6-4-3-5-14(19)9-18(22(25)29)21(28)23-15-10-16-7-8-17(11-15)24(16)12-20(26)27/h3-6,9,13,15-17,20,26-27H,7-8,10-12H2,1-2H3,(H,23,28)/t15?,16-,17+. The zero-order valence-corrected chi connectivity index (χ0v) is 16.9. The number of aliphatic hydroxyl groups is 2. The Morgan fingerprint density at radius 1 is 1.17 bits per heavy atom. The van der Waals surface area contributed by atoms with Crippen LogP contribution >= 0.6 is 0 Å². The molecule has 7 nitrogen and oxygen atoms in total. The highest BCUT2D eigenvalue weighted by Gasteiger charge is 2.41. The van der Waals surface area contributed by atoms with Crippen LogP contribution in [0.1, 0.15) is 55.9 Å². The van der Waals surface area contributed by atoms with Crippen LogP contribution < -0.4 is 10.9 Å². The number of amides is 1. The van der Waals surface area contributed by atoms with Gasteiger partial charge >= 0.3 is 0 Å². The van der Waals surface area contributed by atoms with E-state index in [1.54, 1.807) is 10.6 Å². The molecule has 1 unspecified atom stereocenters. The first-order valence-electron chi connectivity index (χ1n) is 10.4. The molecule has 4 rings (SSSR count). The molecular formula is C22H29N3O4. The number of rotatable bonds is 5. The highest BCUT2D eigenvalue weighted by Crippen LogP contribution is 2.35. The average Bonchev–Trinajstić information content (AvgIpc) is 2.88. The fourth-order valence-corrected chi connectivity index (χ4v) is 5.10. The van der Waals surface area contributed by atoms with Crippen LogP contribution in [-0.4, -0.2) is 56.5 Å². The van der Waals surface area contributed by atoms with E-state index in [0.29, 0.717) is 0 Å². The van der Waals surface area contributed by atoms with Crippen molar-refractivity contribution in [3.8, 4) is 0 Å². The van der Waals surface area contributed by atoms with Crippen LogP contribution in [-0.2, 0) is 0 Å². The summed E-state index contributed by atoms with van der Waals surface area (Å²) < 4.78 is 1.68. The molecule has 0 aliphatic carbocycles. The Bertz CT molecular complexity index is 954. The van der Waals surface area contributed by atoms with Crippen molar-refractivity contribution in [2.75, 3.05) is 6.54 Å². The Balaban J connectivity index is 1.56. The molecule has 29 heavy (non-hydrogen) atoms. The van der Waals surface area contributed by atoms with Crippen LogP contribution in [0.5, 0.6) is 0 Å². The van der Waals surface area contributed by atoms with Gasteiger partial charge in [0.25, 0.3) is 11.5 Å². The average molecular weight is 399 g/mol.